The van der Waals surface area contributed by atoms with E-state index in [1.807, 2.05) is 12.3 Å². The molecule has 0 bridgehead atoms. The molecular formula is C13H18N2. The highest BCUT2D eigenvalue weighted by Crippen LogP contribution is 2.31. The van der Waals surface area contributed by atoms with Gasteiger partial charge in [0.1, 0.15) is 0 Å². The molecule has 1 heterocycles. The average molecular weight is 202 g/mol. The van der Waals surface area contributed by atoms with E-state index < -0.39 is 0 Å². The summed E-state index contributed by atoms with van der Waals surface area (Å²) in [5.41, 5.74) is 8.54. The lowest BCUT2D eigenvalue weighted by Crippen LogP contribution is -2.07. The zero-order valence-corrected chi connectivity index (χ0v) is 9.08. The smallest absolute Gasteiger partial charge is 0.0441 e. The number of rotatable bonds is 2. The van der Waals surface area contributed by atoms with Gasteiger partial charge in [0.15, 0.2) is 0 Å². The Bertz CT molecular complexity index is 351. The molecule has 1 fully saturated rings. The van der Waals surface area contributed by atoms with Crippen LogP contribution in [0.2, 0.25) is 0 Å². The van der Waals surface area contributed by atoms with E-state index in [-0.39, 0.29) is 0 Å². The third kappa shape index (κ3) is 2.38. The Morgan fingerprint density at radius 3 is 2.73 bits per heavy atom. The van der Waals surface area contributed by atoms with Crippen molar-refractivity contribution >= 4 is 5.70 Å². The lowest BCUT2D eigenvalue weighted by Gasteiger charge is -2.21. The maximum absolute atomic E-state index is 5.69. The van der Waals surface area contributed by atoms with Gasteiger partial charge in [-0.1, -0.05) is 25.8 Å². The van der Waals surface area contributed by atoms with E-state index in [4.69, 9.17) is 5.73 Å². The highest BCUT2D eigenvalue weighted by Gasteiger charge is 2.16. The maximum atomic E-state index is 5.69. The molecule has 2 N–H and O–H groups in total. The Kier molecular flexibility index (Phi) is 3.05. The SMILES string of the molecule is C=C(N)c1ccnc(C2CCCCC2)c1. The summed E-state index contributed by atoms with van der Waals surface area (Å²) in [6, 6.07) is 4.02. The molecule has 2 heteroatoms. The van der Waals surface area contributed by atoms with Gasteiger partial charge in [-0.3, -0.25) is 4.98 Å². The molecule has 0 amide bonds. The van der Waals surface area contributed by atoms with Crippen LogP contribution in [0.5, 0.6) is 0 Å². The van der Waals surface area contributed by atoms with Gasteiger partial charge >= 0.3 is 0 Å². The number of hydrogen-bond donors (Lipinski definition) is 1. The first kappa shape index (κ1) is 10.2. The van der Waals surface area contributed by atoms with E-state index in [1.165, 1.54) is 37.8 Å². The van der Waals surface area contributed by atoms with Crippen LogP contribution in [0.1, 0.15) is 49.3 Å². The molecule has 2 rings (SSSR count). The Morgan fingerprint density at radius 2 is 2.07 bits per heavy atom. The molecule has 1 saturated carbocycles. The number of pyridine rings is 1. The van der Waals surface area contributed by atoms with Gasteiger partial charge in [-0.15, -0.1) is 0 Å². The zero-order valence-electron chi connectivity index (χ0n) is 9.08. The van der Waals surface area contributed by atoms with Gasteiger partial charge < -0.3 is 5.73 Å². The molecule has 0 atom stereocenters. The van der Waals surface area contributed by atoms with Gasteiger partial charge in [-0.2, -0.15) is 0 Å². The van der Waals surface area contributed by atoms with Crippen molar-refractivity contribution in [3.05, 3.63) is 36.2 Å². The molecule has 0 spiro atoms. The van der Waals surface area contributed by atoms with Gasteiger partial charge in [0, 0.05) is 29.1 Å². The van der Waals surface area contributed by atoms with Crippen molar-refractivity contribution in [3.8, 4) is 0 Å². The largest absolute Gasteiger partial charge is 0.399 e. The van der Waals surface area contributed by atoms with Crippen molar-refractivity contribution in [1.82, 2.24) is 4.98 Å². The molecule has 0 aromatic carbocycles. The molecule has 1 aliphatic rings. The number of aromatic nitrogens is 1. The number of nitrogens with two attached hydrogens (primary N) is 1. The molecule has 1 aromatic heterocycles. The van der Waals surface area contributed by atoms with Crippen LogP contribution >= 0.6 is 0 Å². The second kappa shape index (κ2) is 4.47. The Morgan fingerprint density at radius 1 is 1.33 bits per heavy atom. The van der Waals surface area contributed by atoms with Crippen molar-refractivity contribution in [1.29, 1.82) is 0 Å². The fourth-order valence-corrected chi connectivity index (χ4v) is 2.27. The Labute approximate surface area is 91.2 Å². The lowest BCUT2D eigenvalue weighted by molar-refractivity contribution is 0.436. The van der Waals surface area contributed by atoms with Crippen LogP contribution in [0.4, 0.5) is 0 Å². The van der Waals surface area contributed by atoms with Crippen LogP contribution in [0.3, 0.4) is 0 Å². The second-order valence-corrected chi connectivity index (χ2v) is 4.33. The predicted molar refractivity (Wildman–Crippen MR) is 63.3 cm³/mol. The molecule has 2 nitrogen and oxygen atoms in total. The van der Waals surface area contributed by atoms with Gasteiger partial charge in [-0.25, -0.2) is 0 Å². The average Bonchev–Trinajstić information content (AvgIpc) is 2.30. The molecule has 15 heavy (non-hydrogen) atoms. The predicted octanol–water partition coefficient (Wildman–Crippen LogP) is 3.06. The molecule has 0 radical (unpaired) electrons. The monoisotopic (exact) mass is 202 g/mol. The van der Waals surface area contributed by atoms with Gasteiger partial charge in [0.2, 0.25) is 0 Å². The van der Waals surface area contributed by atoms with E-state index in [2.05, 4.69) is 17.6 Å². The topological polar surface area (TPSA) is 38.9 Å². The van der Waals surface area contributed by atoms with E-state index in [1.54, 1.807) is 0 Å². The van der Waals surface area contributed by atoms with Crippen molar-refractivity contribution in [3.63, 3.8) is 0 Å². The molecule has 1 aromatic rings. The third-order valence-corrected chi connectivity index (χ3v) is 3.18. The molecule has 1 aliphatic carbocycles. The van der Waals surface area contributed by atoms with Gasteiger partial charge in [0.25, 0.3) is 0 Å². The normalized spacial score (nSPS) is 17.6. The first-order valence-electron chi connectivity index (χ1n) is 5.68. The highest BCUT2D eigenvalue weighted by molar-refractivity contribution is 5.60. The number of nitrogens with zero attached hydrogens (tertiary/aromatic N) is 1. The quantitative estimate of drug-likeness (QED) is 0.800. The second-order valence-electron chi connectivity index (χ2n) is 4.33. The Hall–Kier alpha value is -1.31. The molecule has 0 saturated heterocycles. The first-order chi connectivity index (χ1) is 7.27. The van der Waals surface area contributed by atoms with Gasteiger partial charge in [-0.05, 0) is 25.0 Å². The standard InChI is InChI=1S/C13H18N2/c1-10(14)12-7-8-15-13(9-12)11-5-3-2-4-6-11/h7-9,11H,1-6,14H2. The van der Waals surface area contributed by atoms with E-state index in [0.29, 0.717) is 11.6 Å². The number of hydrogen-bond acceptors (Lipinski definition) is 2. The minimum Gasteiger partial charge on any atom is -0.399 e. The van der Waals surface area contributed by atoms with Crippen LogP contribution in [-0.2, 0) is 0 Å². The molecule has 80 valence electrons. The van der Waals surface area contributed by atoms with Crippen molar-refractivity contribution in [2.75, 3.05) is 0 Å². The molecule has 0 unspecified atom stereocenters. The molecular weight excluding hydrogens is 184 g/mol. The highest BCUT2D eigenvalue weighted by atomic mass is 14.7. The summed E-state index contributed by atoms with van der Waals surface area (Å²) in [6.45, 7) is 3.76. The summed E-state index contributed by atoms with van der Waals surface area (Å²) in [4.78, 5) is 4.45. The van der Waals surface area contributed by atoms with Gasteiger partial charge in [0.05, 0.1) is 0 Å². The summed E-state index contributed by atoms with van der Waals surface area (Å²) < 4.78 is 0. The fourth-order valence-electron chi connectivity index (χ4n) is 2.27. The van der Waals surface area contributed by atoms with E-state index in [9.17, 15) is 0 Å². The van der Waals surface area contributed by atoms with E-state index >= 15 is 0 Å². The lowest BCUT2D eigenvalue weighted by atomic mass is 9.86. The minimum absolute atomic E-state index is 0.634. The minimum atomic E-state index is 0.634. The molecule has 0 aliphatic heterocycles. The van der Waals surface area contributed by atoms with E-state index in [0.717, 1.165) is 5.56 Å². The van der Waals surface area contributed by atoms with Crippen LogP contribution in [0, 0.1) is 0 Å². The maximum Gasteiger partial charge on any atom is 0.0441 e. The summed E-state index contributed by atoms with van der Waals surface area (Å²) in [6.07, 6.45) is 8.43. The summed E-state index contributed by atoms with van der Waals surface area (Å²) in [5.74, 6) is 0.637. The summed E-state index contributed by atoms with van der Waals surface area (Å²) >= 11 is 0. The third-order valence-electron chi connectivity index (χ3n) is 3.18. The summed E-state index contributed by atoms with van der Waals surface area (Å²) in [5, 5.41) is 0. The van der Waals surface area contributed by atoms with Crippen molar-refractivity contribution < 1.29 is 0 Å². The van der Waals surface area contributed by atoms with Crippen LogP contribution in [0.15, 0.2) is 24.9 Å². The van der Waals surface area contributed by atoms with Crippen LogP contribution < -0.4 is 5.73 Å². The van der Waals surface area contributed by atoms with Crippen LogP contribution in [0.25, 0.3) is 5.70 Å². The first-order valence-corrected chi connectivity index (χ1v) is 5.68. The zero-order chi connectivity index (χ0) is 10.7. The van der Waals surface area contributed by atoms with Crippen LogP contribution in [-0.4, -0.2) is 4.98 Å². The Balaban J connectivity index is 2.19. The van der Waals surface area contributed by atoms with Crippen molar-refractivity contribution in [2.24, 2.45) is 5.73 Å². The fraction of sp³-hybridized carbons (Fsp3) is 0.462. The summed E-state index contributed by atoms with van der Waals surface area (Å²) in [7, 11) is 0. The van der Waals surface area contributed by atoms with Crippen molar-refractivity contribution in [2.45, 2.75) is 38.0 Å².